The van der Waals surface area contributed by atoms with Gasteiger partial charge in [0.1, 0.15) is 5.82 Å². The van der Waals surface area contributed by atoms with Crippen molar-refractivity contribution >= 4 is 23.7 Å². The summed E-state index contributed by atoms with van der Waals surface area (Å²) in [5, 5.41) is 5.71. The highest BCUT2D eigenvalue weighted by atomic mass is 35.5. The maximum Gasteiger partial charge on any atom is 0.409 e. The van der Waals surface area contributed by atoms with Crippen LogP contribution in [0.4, 0.5) is 14.0 Å². The number of nitrogens with zero attached hydrogens (tertiary/aromatic N) is 1. The number of hydrogen-bond acceptors (Lipinski definition) is 3. The van der Waals surface area contributed by atoms with E-state index in [2.05, 4.69) is 15.4 Å². The predicted octanol–water partition coefficient (Wildman–Crippen LogP) is 3.07. The van der Waals surface area contributed by atoms with Crippen LogP contribution < -0.4 is 10.6 Å². The Labute approximate surface area is 145 Å². The number of piperidine rings is 1. The molecule has 1 atom stereocenters. The molecule has 1 aromatic carbocycles. The maximum absolute atomic E-state index is 13.2. The highest BCUT2D eigenvalue weighted by Gasteiger charge is 2.24. The summed E-state index contributed by atoms with van der Waals surface area (Å²) in [6, 6.07) is 3.74. The van der Waals surface area contributed by atoms with Crippen molar-refractivity contribution < 1.29 is 18.7 Å². The van der Waals surface area contributed by atoms with Crippen molar-refractivity contribution in [1.82, 2.24) is 15.5 Å². The first kappa shape index (κ1) is 18.3. The molecule has 1 aliphatic rings. The highest BCUT2D eigenvalue weighted by Crippen LogP contribution is 2.20. The molecule has 1 aliphatic heterocycles. The van der Waals surface area contributed by atoms with Gasteiger partial charge in [-0.3, -0.25) is 0 Å². The van der Waals surface area contributed by atoms with Gasteiger partial charge in [0.25, 0.3) is 0 Å². The largest absolute Gasteiger partial charge is 0.453 e. The van der Waals surface area contributed by atoms with Crippen LogP contribution in [0.3, 0.4) is 0 Å². The lowest BCUT2D eigenvalue weighted by Crippen LogP contribution is -2.49. The second-order valence-electron chi connectivity index (χ2n) is 5.74. The third kappa shape index (κ3) is 4.74. The molecule has 1 saturated heterocycles. The summed E-state index contributed by atoms with van der Waals surface area (Å²) in [6.07, 6.45) is 0.984. The molecule has 6 nitrogen and oxygen atoms in total. The minimum Gasteiger partial charge on any atom is -0.453 e. The first-order valence-electron chi connectivity index (χ1n) is 7.75. The van der Waals surface area contributed by atoms with Gasteiger partial charge in [-0.1, -0.05) is 17.7 Å². The van der Waals surface area contributed by atoms with Gasteiger partial charge in [-0.25, -0.2) is 14.0 Å². The van der Waals surface area contributed by atoms with Crippen LogP contribution in [0.15, 0.2) is 18.2 Å². The molecule has 1 fully saturated rings. The second kappa shape index (κ2) is 8.19. The van der Waals surface area contributed by atoms with Crippen LogP contribution >= 0.6 is 11.6 Å². The van der Waals surface area contributed by atoms with Crippen molar-refractivity contribution in [3.05, 3.63) is 34.6 Å². The Hall–Kier alpha value is -2.02. The van der Waals surface area contributed by atoms with E-state index in [0.717, 1.165) is 5.56 Å². The number of amides is 3. The van der Waals surface area contributed by atoms with Crippen molar-refractivity contribution in [3.63, 3.8) is 0 Å². The van der Waals surface area contributed by atoms with E-state index in [4.69, 9.17) is 11.6 Å². The molecular weight excluding hydrogens is 337 g/mol. The zero-order valence-corrected chi connectivity index (χ0v) is 14.4. The van der Waals surface area contributed by atoms with Crippen molar-refractivity contribution in [2.45, 2.75) is 31.8 Å². The van der Waals surface area contributed by atoms with E-state index in [1.54, 1.807) is 17.9 Å². The topological polar surface area (TPSA) is 70.7 Å². The number of nitrogens with one attached hydrogen (secondary N) is 2. The van der Waals surface area contributed by atoms with Gasteiger partial charge < -0.3 is 20.3 Å². The quantitative estimate of drug-likeness (QED) is 0.873. The minimum absolute atomic E-state index is 0.00471. The minimum atomic E-state index is -0.491. The van der Waals surface area contributed by atoms with E-state index in [9.17, 15) is 14.0 Å². The number of carbonyl (C=O) groups is 2. The van der Waals surface area contributed by atoms with Gasteiger partial charge in [-0.15, -0.1) is 0 Å². The summed E-state index contributed by atoms with van der Waals surface area (Å²) in [7, 11) is 1.35. The summed E-state index contributed by atoms with van der Waals surface area (Å²) in [6.45, 7) is 2.88. The zero-order valence-electron chi connectivity index (χ0n) is 13.6. The third-order valence-corrected chi connectivity index (χ3v) is 4.34. The molecule has 0 aliphatic carbocycles. The molecule has 132 valence electrons. The normalized spacial score (nSPS) is 16.4. The molecular formula is C16H21ClFN3O3. The molecule has 1 heterocycles. The molecule has 24 heavy (non-hydrogen) atoms. The monoisotopic (exact) mass is 357 g/mol. The zero-order chi connectivity index (χ0) is 17.7. The lowest BCUT2D eigenvalue weighted by Gasteiger charge is -2.31. The van der Waals surface area contributed by atoms with Crippen LogP contribution in [-0.2, 0) is 4.74 Å². The molecule has 0 spiro atoms. The van der Waals surface area contributed by atoms with E-state index >= 15 is 0 Å². The molecule has 1 unspecified atom stereocenters. The Kier molecular flexibility index (Phi) is 6.25. The molecule has 3 amide bonds. The van der Waals surface area contributed by atoms with Crippen molar-refractivity contribution in [1.29, 1.82) is 0 Å². The molecule has 1 aromatic rings. The first-order chi connectivity index (χ1) is 11.4. The van der Waals surface area contributed by atoms with E-state index in [0.29, 0.717) is 25.9 Å². The average Bonchev–Trinajstić information content (AvgIpc) is 2.57. The number of rotatable bonds is 3. The fraction of sp³-hybridized carbons (Fsp3) is 0.500. The fourth-order valence-electron chi connectivity index (χ4n) is 2.62. The Morgan fingerprint density at radius 1 is 1.38 bits per heavy atom. The van der Waals surface area contributed by atoms with Crippen LogP contribution in [0.2, 0.25) is 5.02 Å². The van der Waals surface area contributed by atoms with Crippen LogP contribution in [0.25, 0.3) is 0 Å². The number of likely N-dealkylation sites (tertiary alicyclic amines) is 1. The molecule has 0 aromatic heterocycles. The third-order valence-electron chi connectivity index (χ3n) is 4.05. The van der Waals surface area contributed by atoms with Crippen molar-refractivity contribution in [2.24, 2.45) is 0 Å². The predicted molar refractivity (Wildman–Crippen MR) is 88.5 cm³/mol. The van der Waals surface area contributed by atoms with E-state index in [-0.39, 0.29) is 29.2 Å². The van der Waals surface area contributed by atoms with Gasteiger partial charge in [0, 0.05) is 19.1 Å². The van der Waals surface area contributed by atoms with Gasteiger partial charge in [0.15, 0.2) is 0 Å². The SMILES string of the molecule is COC(=O)N1CCC(NC(=O)NC(C)c2ccc(F)c(Cl)c2)CC1. The number of benzene rings is 1. The lowest BCUT2D eigenvalue weighted by atomic mass is 10.1. The van der Waals surface area contributed by atoms with Gasteiger partial charge in [-0.2, -0.15) is 0 Å². The summed E-state index contributed by atoms with van der Waals surface area (Å²) in [5.41, 5.74) is 0.720. The van der Waals surface area contributed by atoms with Gasteiger partial charge in [0.05, 0.1) is 18.2 Å². The van der Waals surface area contributed by atoms with Crippen molar-refractivity contribution in [3.8, 4) is 0 Å². The molecule has 2 rings (SSSR count). The molecule has 0 bridgehead atoms. The van der Waals surface area contributed by atoms with Gasteiger partial charge >= 0.3 is 12.1 Å². The number of urea groups is 1. The molecule has 8 heteroatoms. The highest BCUT2D eigenvalue weighted by molar-refractivity contribution is 6.30. The van der Waals surface area contributed by atoms with Crippen LogP contribution in [-0.4, -0.2) is 43.3 Å². The van der Waals surface area contributed by atoms with Gasteiger partial charge in [0.2, 0.25) is 0 Å². The van der Waals surface area contributed by atoms with Crippen LogP contribution in [0.1, 0.15) is 31.4 Å². The van der Waals surface area contributed by atoms with Crippen molar-refractivity contribution in [2.75, 3.05) is 20.2 Å². The summed E-state index contributed by atoms with van der Waals surface area (Å²) >= 11 is 5.76. The van der Waals surface area contributed by atoms with E-state index in [1.807, 2.05) is 0 Å². The Morgan fingerprint density at radius 2 is 2.04 bits per heavy atom. The van der Waals surface area contributed by atoms with E-state index in [1.165, 1.54) is 19.2 Å². The maximum atomic E-state index is 13.2. The number of hydrogen-bond donors (Lipinski definition) is 2. The van der Waals surface area contributed by atoms with Crippen LogP contribution in [0.5, 0.6) is 0 Å². The van der Waals surface area contributed by atoms with E-state index < -0.39 is 5.82 Å². The fourth-order valence-corrected chi connectivity index (χ4v) is 2.81. The molecule has 2 N–H and O–H groups in total. The first-order valence-corrected chi connectivity index (χ1v) is 8.13. The number of ether oxygens (including phenoxy) is 1. The Balaban J connectivity index is 1.81. The number of halogens is 2. The second-order valence-corrected chi connectivity index (χ2v) is 6.15. The van der Waals surface area contributed by atoms with Gasteiger partial charge in [-0.05, 0) is 37.5 Å². The summed E-state index contributed by atoms with van der Waals surface area (Å²) < 4.78 is 17.9. The lowest BCUT2D eigenvalue weighted by molar-refractivity contribution is 0.110. The Bertz CT molecular complexity index is 606. The molecule has 0 saturated carbocycles. The number of methoxy groups -OCH3 is 1. The standard InChI is InChI=1S/C16H21ClFN3O3/c1-10(11-3-4-14(18)13(17)9-11)19-15(22)20-12-5-7-21(8-6-12)16(23)24-2/h3-4,9-10,12H,5-8H2,1-2H3,(H2,19,20,22). The number of carbonyl (C=O) groups excluding carboxylic acids is 2. The molecule has 0 radical (unpaired) electrons. The summed E-state index contributed by atoms with van der Waals surface area (Å²) in [4.78, 5) is 25.1. The smallest absolute Gasteiger partial charge is 0.409 e. The Morgan fingerprint density at radius 3 is 2.62 bits per heavy atom. The average molecular weight is 358 g/mol. The van der Waals surface area contributed by atoms with Crippen LogP contribution in [0, 0.1) is 5.82 Å². The summed E-state index contributed by atoms with van der Waals surface area (Å²) in [5.74, 6) is -0.491.